The zero-order valence-corrected chi connectivity index (χ0v) is 10.7. The SMILES string of the molecule is CNC1CCC(=O)N(Cc2cccc(F)c2)CC1. The molecule has 1 aliphatic rings. The minimum absolute atomic E-state index is 0.164. The summed E-state index contributed by atoms with van der Waals surface area (Å²) in [6.45, 7) is 1.24. The van der Waals surface area contributed by atoms with Gasteiger partial charge in [-0.25, -0.2) is 4.39 Å². The molecule has 98 valence electrons. The maximum atomic E-state index is 13.1. The molecule has 1 heterocycles. The lowest BCUT2D eigenvalue weighted by atomic mass is 10.1. The van der Waals surface area contributed by atoms with E-state index in [0.29, 0.717) is 19.0 Å². The van der Waals surface area contributed by atoms with Crippen LogP contribution < -0.4 is 5.32 Å². The Bertz CT molecular complexity index is 422. The molecule has 0 aromatic heterocycles. The summed E-state index contributed by atoms with van der Waals surface area (Å²) < 4.78 is 13.1. The van der Waals surface area contributed by atoms with Crippen LogP contribution in [0.4, 0.5) is 4.39 Å². The Labute approximate surface area is 107 Å². The maximum absolute atomic E-state index is 13.1. The quantitative estimate of drug-likeness (QED) is 0.889. The molecular weight excluding hydrogens is 231 g/mol. The first-order valence-electron chi connectivity index (χ1n) is 6.38. The van der Waals surface area contributed by atoms with E-state index in [1.807, 2.05) is 18.0 Å². The van der Waals surface area contributed by atoms with Crippen LogP contribution in [0, 0.1) is 5.82 Å². The number of rotatable bonds is 3. The second kappa shape index (κ2) is 5.96. The van der Waals surface area contributed by atoms with Gasteiger partial charge in [0.2, 0.25) is 5.91 Å². The summed E-state index contributed by atoms with van der Waals surface area (Å²) in [5.74, 6) is -0.0834. The molecule has 1 aromatic carbocycles. The van der Waals surface area contributed by atoms with Crippen molar-refractivity contribution in [2.24, 2.45) is 0 Å². The fourth-order valence-corrected chi connectivity index (χ4v) is 2.35. The second-order valence-electron chi connectivity index (χ2n) is 4.76. The summed E-state index contributed by atoms with van der Waals surface area (Å²) in [6.07, 6.45) is 2.41. The largest absolute Gasteiger partial charge is 0.338 e. The predicted octanol–water partition coefficient (Wildman–Crippen LogP) is 1.93. The van der Waals surface area contributed by atoms with E-state index in [4.69, 9.17) is 0 Å². The van der Waals surface area contributed by atoms with Gasteiger partial charge in [-0.3, -0.25) is 4.79 Å². The lowest BCUT2D eigenvalue weighted by Crippen LogP contribution is -2.31. The monoisotopic (exact) mass is 250 g/mol. The van der Waals surface area contributed by atoms with Crippen molar-refractivity contribution in [2.75, 3.05) is 13.6 Å². The van der Waals surface area contributed by atoms with Crippen LogP contribution in [0.5, 0.6) is 0 Å². The second-order valence-corrected chi connectivity index (χ2v) is 4.76. The number of likely N-dealkylation sites (tertiary alicyclic amines) is 1. The van der Waals surface area contributed by atoms with Crippen LogP contribution in [0.1, 0.15) is 24.8 Å². The van der Waals surface area contributed by atoms with Crippen molar-refractivity contribution < 1.29 is 9.18 Å². The van der Waals surface area contributed by atoms with E-state index in [2.05, 4.69) is 5.32 Å². The minimum Gasteiger partial charge on any atom is -0.338 e. The number of benzene rings is 1. The van der Waals surface area contributed by atoms with E-state index < -0.39 is 0 Å². The van der Waals surface area contributed by atoms with Crippen molar-refractivity contribution in [3.8, 4) is 0 Å². The molecule has 4 heteroatoms. The first-order chi connectivity index (χ1) is 8.69. The van der Waals surface area contributed by atoms with Crippen LogP contribution in [0.15, 0.2) is 24.3 Å². The van der Waals surface area contributed by atoms with Gasteiger partial charge in [0.15, 0.2) is 0 Å². The van der Waals surface area contributed by atoms with Crippen molar-refractivity contribution in [2.45, 2.75) is 31.8 Å². The third-order valence-corrected chi connectivity index (χ3v) is 3.48. The lowest BCUT2D eigenvalue weighted by Gasteiger charge is -2.21. The van der Waals surface area contributed by atoms with E-state index in [1.165, 1.54) is 12.1 Å². The number of hydrogen-bond donors (Lipinski definition) is 1. The average Bonchev–Trinajstić information content (AvgIpc) is 2.53. The van der Waals surface area contributed by atoms with E-state index in [1.54, 1.807) is 6.07 Å². The zero-order chi connectivity index (χ0) is 13.0. The van der Waals surface area contributed by atoms with Crippen LogP contribution >= 0.6 is 0 Å². The fourth-order valence-electron chi connectivity index (χ4n) is 2.35. The van der Waals surface area contributed by atoms with Crippen molar-refractivity contribution in [1.29, 1.82) is 0 Å². The molecule has 1 fully saturated rings. The van der Waals surface area contributed by atoms with E-state index in [-0.39, 0.29) is 11.7 Å². The maximum Gasteiger partial charge on any atom is 0.222 e. The van der Waals surface area contributed by atoms with E-state index >= 15 is 0 Å². The van der Waals surface area contributed by atoms with Gasteiger partial charge < -0.3 is 10.2 Å². The van der Waals surface area contributed by atoms with Gasteiger partial charge in [0.25, 0.3) is 0 Å². The van der Waals surface area contributed by atoms with Crippen LogP contribution in [0.25, 0.3) is 0 Å². The summed E-state index contributed by atoms with van der Waals surface area (Å²) in [4.78, 5) is 13.8. The van der Waals surface area contributed by atoms with Crippen molar-refractivity contribution in [1.82, 2.24) is 10.2 Å². The Morgan fingerprint density at radius 2 is 2.28 bits per heavy atom. The van der Waals surface area contributed by atoms with Crippen LogP contribution in [-0.4, -0.2) is 30.4 Å². The molecule has 1 atom stereocenters. The molecular formula is C14H19FN2O. The molecule has 18 heavy (non-hydrogen) atoms. The number of carbonyl (C=O) groups excluding carboxylic acids is 1. The Morgan fingerprint density at radius 3 is 3.00 bits per heavy atom. The van der Waals surface area contributed by atoms with Gasteiger partial charge >= 0.3 is 0 Å². The first-order valence-corrected chi connectivity index (χ1v) is 6.38. The number of nitrogens with zero attached hydrogens (tertiary/aromatic N) is 1. The molecule has 1 saturated heterocycles. The highest BCUT2D eigenvalue weighted by molar-refractivity contribution is 5.76. The molecule has 0 spiro atoms. The topological polar surface area (TPSA) is 32.3 Å². The average molecular weight is 250 g/mol. The number of nitrogens with one attached hydrogen (secondary N) is 1. The van der Waals surface area contributed by atoms with Crippen LogP contribution in [0.3, 0.4) is 0 Å². The third kappa shape index (κ3) is 3.29. The van der Waals surface area contributed by atoms with Crippen molar-refractivity contribution in [3.63, 3.8) is 0 Å². The minimum atomic E-state index is -0.247. The van der Waals surface area contributed by atoms with Gasteiger partial charge in [-0.2, -0.15) is 0 Å². The molecule has 0 saturated carbocycles. The number of hydrogen-bond acceptors (Lipinski definition) is 2. The lowest BCUT2D eigenvalue weighted by molar-refractivity contribution is -0.131. The normalized spacial score (nSPS) is 20.9. The molecule has 2 rings (SSSR count). The Balaban J connectivity index is 2.01. The first kappa shape index (κ1) is 13.0. The molecule has 1 aliphatic heterocycles. The Hall–Kier alpha value is -1.42. The molecule has 1 unspecified atom stereocenters. The van der Waals surface area contributed by atoms with E-state index in [0.717, 1.165) is 24.9 Å². The predicted molar refractivity (Wildman–Crippen MR) is 68.5 cm³/mol. The van der Waals surface area contributed by atoms with Gasteiger partial charge in [0, 0.05) is 25.6 Å². The van der Waals surface area contributed by atoms with Crippen molar-refractivity contribution >= 4 is 5.91 Å². The summed E-state index contributed by atoms with van der Waals surface area (Å²) in [7, 11) is 1.93. The van der Waals surface area contributed by atoms with Gasteiger partial charge in [0.1, 0.15) is 5.82 Å². The van der Waals surface area contributed by atoms with Gasteiger partial charge in [-0.15, -0.1) is 0 Å². The number of halogens is 1. The Morgan fingerprint density at radius 1 is 1.44 bits per heavy atom. The highest BCUT2D eigenvalue weighted by atomic mass is 19.1. The fraction of sp³-hybridized carbons (Fsp3) is 0.500. The standard InChI is InChI=1S/C14H19FN2O/c1-16-13-5-6-14(18)17(8-7-13)10-11-3-2-4-12(15)9-11/h2-4,9,13,16H,5-8,10H2,1H3. The van der Waals surface area contributed by atoms with E-state index in [9.17, 15) is 9.18 Å². The van der Waals surface area contributed by atoms with Gasteiger partial charge in [-0.05, 0) is 37.6 Å². The molecule has 1 amide bonds. The highest BCUT2D eigenvalue weighted by Gasteiger charge is 2.21. The van der Waals surface area contributed by atoms with Gasteiger partial charge in [0.05, 0.1) is 0 Å². The summed E-state index contributed by atoms with van der Waals surface area (Å²) in [5.41, 5.74) is 0.853. The molecule has 3 nitrogen and oxygen atoms in total. The highest BCUT2D eigenvalue weighted by Crippen LogP contribution is 2.15. The summed E-state index contributed by atoms with van der Waals surface area (Å²) in [5, 5.41) is 3.22. The molecule has 1 N–H and O–H groups in total. The van der Waals surface area contributed by atoms with Crippen LogP contribution in [-0.2, 0) is 11.3 Å². The zero-order valence-electron chi connectivity index (χ0n) is 10.7. The number of amides is 1. The molecule has 0 aliphatic carbocycles. The number of carbonyl (C=O) groups is 1. The summed E-state index contributed by atoms with van der Waals surface area (Å²) >= 11 is 0. The third-order valence-electron chi connectivity index (χ3n) is 3.48. The molecule has 1 aromatic rings. The van der Waals surface area contributed by atoms with Gasteiger partial charge in [-0.1, -0.05) is 12.1 Å². The smallest absolute Gasteiger partial charge is 0.222 e. The molecule has 0 bridgehead atoms. The van der Waals surface area contributed by atoms with Crippen molar-refractivity contribution in [3.05, 3.63) is 35.6 Å². The van der Waals surface area contributed by atoms with Crippen LogP contribution in [0.2, 0.25) is 0 Å². The Kier molecular flexibility index (Phi) is 4.31. The molecule has 0 radical (unpaired) electrons. The summed E-state index contributed by atoms with van der Waals surface area (Å²) in [6, 6.07) is 6.87.